The van der Waals surface area contributed by atoms with Crippen LogP contribution in [0.4, 0.5) is 0 Å². The van der Waals surface area contributed by atoms with Crippen LogP contribution in [-0.2, 0) is 10.0 Å². The standard InChI is InChI=1S/C14H21ClN2O3S/c1-20-14-8-7-10(9-11(14)15)21(18,19)17-13-6-4-2-3-5-12(13)16/h7-9,12-13,17H,2-6,16H2,1H3. The van der Waals surface area contributed by atoms with Gasteiger partial charge in [0.15, 0.2) is 0 Å². The maximum Gasteiger partial charge on any atom is 0.240 e. The van der Waals surface area contributed by atoms with Gasteiger partial charge in [-0.3, -0.25) is 0 Å². The first kappa shape index (κ1) is 16.5. The average molecular weight is 333 g/mol. The van der Waals surface area contributed by atoms with Crippen molar-refractivity contribution in [2.24, 2.45) is 5.73 Å². The summed E-state index contributed by atoms with van der Waals surface area (Å²) in [5.41, 5.74) is 6.07. The van der Waals surface area contributed by atoms with Crippen LogP contribution in [0.2, 0.25) is 5.02 Å². The minimum absolute atomic E-state index is 0.129. The minimum atomic E-state index is -3.63. The number of rotatable bonds is 4. The fourth-order valence-electron chi connectivity index (χ4n) is 2.56. The van der Waals surface area contributed by atoms with Crippen molar-refractivity contribution >= 4 is 21.6 Å². The highest BCUT2D eigenvalue weighted by Crippen LogP contribution is 2.27. The molecule has 5 nitrogen and oxygen atoms in total. The molecular formula is C14H21ClN2O3S. The summed E-state index contributed by atoms with van der Waals surface area (Å²) < 4.78 is 32.6. The number of nitrogens with one attached hydrogen (secondary N) is 1. The monoisotopic (exact) mass is 332 g/mol. The Labute approximate surface area is 130 Å². The summed E-state index contributed by atoms with van der Waals surface area (Å²) in [6, 6.07) is 4.05. The minimum Gasteiger partial charge on any atom is -0.495 e. The van der Waals surface area contributed by atoms with Crippen molar-refractivity contribution in [3.05, 3.63) is 23.2 Å². The third kappa shape index (κ3) is 4.10. The van der Waals surface area contributed by atoms with Crippen LogP contribution in [0.1, 0.15) is 32.1 Å². The molecule has 0 aliphatic heterocycles. The van der Waals surface area contributed by atoms with Gasteiger partial charge < -0.3 is 10.5 Å². The normalized spacial score (nSPS) is 23.6. The second-order valence-corrected chi connectivity index (χ2v) is 7.45. The number of halogens is 1. The Hall–Kier alpha value is -0.820. The molecule has 21 heavy (non-hydrogen) atoms. The van der Waals surface area contributed by atoms with Crippen molar-refractivity contribution in [2.75, 3.05) is 7.11 Å². The maximum atomic E-state index is 12.4. The summed E-state index contributed by atoms with van der Waals surface area (Å²) in [5, 5.41) is 0.269. The zero-order valence-corrected chi connectivity index (χ0v) is 13.6. The average Bonchev–Trinajstić information content (AvgIpc) is 2.64. The number of hydrogen-bond acceptors (Lipinski definition) is 4. The molecule has 0 spiro atoms. The van der Waals surface area contributed by atoms with Crippen molar-refractivity contribution < 1.29 is 13.2 Å². The Morgan fingerprint density at radius 3 is 2.67 bits per heavy atom. The van der Waals surface area contributed by atoms with Crippen LogP contribution in [0.5, 0.6) is 5.75 Å². The lowest BCUT2D eigenvalue weighted by Crippen LogP contribution is -2.46. The highest BCUT2D eigenvalue weighted by Gasteiger charge is 2.26. The highest BCUT2D eigenvalue weighted by molar-refractivity contribution is 7.89. The number of nitrogens with two attached hydrogens (primary N) is 1. The Bertz CT molecular complexity index is 592. The first-order valence-corrected chi connectivity index (χ1v) is 8.91. The van der Waals surface area contributed by atoms with Gasteiger partial charge in [0.1, 0.15) is 5.75 Å². The maximum absolute atomic E-state index is 12.4. The van der Waals surface area contributed by atoms with Crippen molar-refractivity contribution in [1.29, 1.82) is 0 Å². The molecule has 7 heteroatoms. The van der Waals surface area contributed by atoms with Gasteiger partial charge in [-0.15, -0.1) is 0 Å². The van der Waals surface area contributed by atoms with E-state index in [1.54, 1.807) is 6.07 Å². The molecule has 2 rings (SSSR count). The van der Waals surface area contributed by atoms with Gasteiger partial charge in [0.25, 0.3) is 0 Å². The topological polar surface area (TPSA) is 81.4 Å². The Balaban J connectivity index is 2.19. The molecule has 1 aliphatic carbocycles. The van der Waals surface area contributed by atoms with E-state index in [0.29, 0.717) is 5.75 Å². The van der Waals surface area contributed by atoms with Crippen LogP contribution < -0.4 is 15.2 Å². The van der Waals surface area contributed by atoms with E-state index in [-0.39, 0.29) is 22.0 Å². The molecule has 0 radical (unpaired) electrons. The third-order valence-electron chi connectivity index (χ3n) is 3.81. The third-order valence-corrected chi connectivity index (χ3v) is 5.59. The van der Waals surface area contributed by atoms with E-state index in [1.165, 1.54) is 19.2 Å². The molecule has 3 N–H and O–H groups in total. The molecule has 0 amide bonds. The number of sulfonamides is 1. The summed E-state index contributed by atoms with van der Waals surface area (Å²) in [5.74, 6) is 0.446. The molecular weight excluding hydrogens is 312 g/mol. The number of hydrogen-bond donors (Lipinski definition) is 2. The largest absolute Gasteiger partial charge is 0.495 e. The van der Waals surface area contributed by atoms with Crippen molar-refractivity contribution in [3.8, 4) is 5.75 Å². The second kappa shape index (κ2) is 6.96. The van der Waals surface area contributed by atoms with Gasteiger partial charge in [0, 0.05) is 12.1 Å². The molecule has 0 heterocycles. The van der Waals surface area contributed by atoms with Gasteiger partial charge in [0.2, 0.25) is 10.0 Å². The summed E-state index contributed by atoms with van der Waals surface area (Å²) in [4.78, 5) is 0.129. The van der Waals surface area contributed by atoms with Gasteiger partial charge in [-0.1, -0.05) is 30.9 Å². The summed E-state index contributed by atoms with van der Waals surface area (Å²) >= 11 is 5.99. The van der Waals surface area contributed by atoms with Gasteiger partial charge >= 0.3 is 0 Å². The van der Waals surface area contributed by atoms with Crippen molar-refractivity contribution in [3.63, 3.8) is 0 Å². The molecule has 2 atom stereocenters. The molecule has 0 aromatic heterocycles. The Morgan fingerprint density at radius 1 is 1.29 bits per heavy atom. The molecule has 0 bridgehead atoms. The van der Waals surface area contributed by atoms with Crippen LogP contribution in [0.3, 0.4) is 0 Å². The van der Waals surface area contributed by atoms with Gasteiger partial charge in [0.05, 0.1) is 17.0 Å². The van der Waals surface area contributed by atoms with Gasteiger partial charge in [-0.2, -0.15) is 0 Å². The van der Waals surface area contributed by atoms with Crippen LogP contribution >= 0.6 is 11.6 Å². The SMILES string of the molecule is COc1ccc(S(=O)(=O)NC2CCCCCC2N)cc1Cl. The van der Waals surface area contributed by atoms with Crippen LogP contribution in [-0.4, -0.2) is 27.6 Å². The fourth-order valence-corrected chi connectivity index (χ4v) is 4.23. The first-order valence-electron chi connectivity index (χ1n) is 7.05. The molecule has 1 aromatic carbocycles. The molecule has 1 saturated carbocycles. The molecule has 118 valence electrons. The predicted molar refractivity (Wildman–Crippen MR) is 83.2 cm³/mol. The summed E-state index contributed by atoms with van der Waals surface area (Å²) in [6.07, 6.45) is 4.75. The summed E-state index contributed by atoms with van der Waals surface area (Å²) in [6.45, 7) is 0. The van der Waals surface area contributed by atoms with Gasteiger partial charge in [-0.25, -0.2) is 13.1 Å². The van der Waals surface area contributed by atoms with Crippen LogP contribution in [0.15, 0.2) is 23.1 Å². The number of benzene rings is 1. The molecule has 1 fully saturated rings. The predicted octanol–water partition coefficient (Wildman–Crippen LogP) is 2.29. The second-order valence-electron chi connectivity index (χ2n) is 5.33. The fraction of sp³-hybridized carbons (Fsp3) is 0.571. The van der Waals surface area contributed by atoms with Crippen LogP contribution in [0, 0.1) is 0 Å². The van der Waals surface area contributed by atoms with E-state index in [2.05, 4.69) is 4.72 Å². The Morgan fingerprint density at radius 2 is 2.00 bits per heavy atom. The lowest BCUT2D eigenvalue weighted by molar-refractivity contribution is 0.414. The van der Waals surface area contributed by atoms with Gasteiger partial charge in [-0.05, 0) is 31.0 Å². The molecule has 0 saturated heterocycles. The van der Waals surface area contributed by atoms with Crippen LogP contribution in [0.25, 0.3) is 0 Å². The zero-order chi connectivity index (χ0) is 15.5. The zero-order valence-electron chi connectivity index (χ0n) is 12.0. The highest BCUT2D eigenvalue weighted by atomic mass is 35.5. The van der Waals surface area contributed by atoms with E-state index in [4.69, 9.17) is 22.1 Å². The molecule has 1 aromatic rings. The van der Waals surface area contributed by atoms with E-state index in [0.717, 1.165) is 32.1 Å². The lowest BCUT2D eigenvalue weighted by Gasteiger charge is -2.22. The quantitative estimate of drug-likeness (QED) is 0.829. The van der Waals surface area contributed by atoms with E-state index in [9.17, 15) is 8.42 Å². The van der Waals surface area contributed by atoms with Crippen molar-refractivity contribution in [2.45, 2.75) is 49.1 Å². The summed E-state index contributed by atoms with van der Waals surface area (Å²) in [7, 11) is -2.14. The first-order chi connectivity index (χ1) is 9.94. The number of ether oxygens (including phenoxy) is 1. The number of methoxy groups -OCH3 is 1. The molecule has 1 aliphatic rings. The molecule has 2 unspecified atom stereocenters. The van der Waals surface area contributed by atoms with E-state index < -0.39 is 10.0 Å². The lowest BCUT2D eigenvalue weighted by atomic mass is 10.1. The van der Waals surface area contributed by atoms with E-state index >= 15 is 0 Å². The van der Waals surface area contributed by atoms with E-state index in [1.807, 2.05) is 0 Å². The van der Waals surface area contributed by atoms with Crippen molar-refractivity contribution in [1.82, 2.24) is 4.72 Å². The smallest absolute Gasteiger partial charge is 0.240 e. The Kier molecular flexibility index (Phi) is 5.48.